The van der Waals surface area contributed by atoms with E-state index in [1.807, 2.05) is 12.1 Å². The predicted molar refractivity (Wildman–Crippen MR) is 80.1 cm³/mol. The summed E-state index contributed by atoms with van der Waals surface area (Å²) in [7, 11) is 0. The molecule has 0 amide bonds. The molecular formula is C14H20ClN3O2. The molecule has 2 saturated heterocycles. The van der Waals surface area contributed by atoms with Gasteiger partial charge in [0.15, 0.2) is 0 Å². The van der Waals surface area contributed by atoms with E-state index in [1.165, 1.54) is 6.42 Å². The zero-order valence-corrected chi connectivity index (χ0v) is 12.1. The molecule has 2 fully saturated rings. The maximum Gasteiger partial charge on any atom is 0.273 e. The van der Waals surface area contributed by atoms with E-state index < -0.39 is 0 Å². The van der Waals surface area contributed by atoms with Gasteiger partial charge in [-0.05, 0) is 31.8 Å². The average molecular weight is 298 g/mol. The maximum atomic E-state index is 11.0. The maximum absolute atomic E-state index is 11.0. The van der Waals surface area contributed by atoms with Crippen LogP contribution < -0.4 is 5.32 Å². The van der Waals surface area contributed by atoms with Crippen molar-refractivity contribution in [2.24, 2.45) is 5.92 Å². The molecule has 0 bridgehead atoms. The van der Waals surface area contributed by atoms with Crippen LogP contribution in [0.3, 0.4) is 0 Å². The Morgan fingerprint density at radius 2 is 2.15 bits per heavy atom. The van der Waals surface area contributed by atoms with Gasteiger partial charge in [-0.25, -0.2) is 0 Å². The zero-order chi connectivity index (χ0) is 13.2. The summed E-state index contributed by atoms with van der Waals surface area (Å²) >= 11 is 0. The topological polar surface area (TPSA) is 58.4 Å². The number of nitrogens with zero attached hydrogens (tertiary/aromatic N) is 2. The Morgan fingerprint density at radius 1 is 1.35 bits per heavy atom. The van der Waals surface area contributed by atoms with Gasteiger partial charge in [0.25, 0.3) is 5.69 Å². The first-order chi connectivity index (χ1) is 9.24. The molecule has 2 atom stereocenters. The number of likely N-dealkylation sites (tertiary alicyclic amines) is 1. The molecule has 6 heteroatoms. The number of nitrogens with one attached hydrogen (secondary N) is 1. The highest BCUT2D eigenvalue weighted by atomic mass is 35.5. The molecule has 2 aliphatic rings. The first-order valence-electron chi connectivity index (χ1n) is 6.92. The van der Waals surface area contributed by atoms with Crippen molar-refractivity contribution in [3.63, 3.8) is 0 Å². The van der Waals surface area contributed by atoms with Crippen molar-refractivity contribution < 1.29 is 4.92 Å². The van der Waals surface area contributed by atoms with Gasteiger partial charge < -0.3 is 5.32 Å². The number of hydrogen-bond donors (Lipinski definition) is 1. The molecule has 20 heavy (non-hydrogen) atoms. The number of rotatable bonds is 3. The Balaban J connectivity index is 0.00000147. The Bertz CT molecular complexity index is 483. The Labute approximate surface area is 124 Å². The quantitative estimate of drug-likeness (QED) is 0.686. The van der Waals surface area contributed by atoms with Crippen LogP contribution in [0.4, 0.5) is 5.69 Å². The molecule has 1 aromatic rings. The largest absolute Gasteiger partial charge is 0.314 e. The van der Waals surface area contributed by atoms with Crippen molar-refractivity contribution >= 4 is 18.1 Å². The van der Waals surface area contributed by atoms with Gasteiger partial charge in [0, 0.05) is 30.8 Å². The van der Waals surface area contributed by atoms with Crippen molar-refractivity contribution in [1.29, 1.82) is 0 Å². The van der Waals surface area contributed by atoms with Crippen molar-refractivity contribution in [1.82, 2.24) is 10.2 Å². The average Bonchev–Trinajstić information content (AvgIpc) is 2.86. The molecule has 0 aliphatic carbocycles. The Morgan fingerprint density at radius 3 is 2.95 bits per heavy atom. The molecule has 0 spiro atoms. The van der Waals surface area contributed by atoms with Gasteiger partial charge >= 0.3 is 0 Å². The highest BCUT2D eigenvalue weighted by Gasteiger charge is 2.32. The van der Waals surface area contributed by atoms with Crippen molar-refractivity contribution in [2.75, 3.05) is 19.6 Å². The smallest absolute Gasteiger partial charge is 0.273 e. The van der Waals surface area contributed by atoms with Gasteiger partial charge in [-0.15, -0.1) is 12.4 Å². The van der Waals surface area contributed by atoms with E-state index in [1.54, 1.807) is 12.1 Å². The third-order valence-corrected chi connectivity index (χ3v) is 4.32. The lowest BCUT2D eigenvalue weighted by molar-refractivity contribution is -0.385. The van der Waals surface area contributed by atoms with Crippen molar-refractivity contribution in [3.05, 3.63) is 39.9 Å². The molecule has 1 aromatic carbocycles. The fourth-order valence-corrected chi connectivity index (χ4v) is 3.33. The first kappa shape index (κ1) is 15.2. The van der Waals surface area contributed by atoms with Crippen LogP contribution in [0.25, 0.3) is 0 Å². The summed E-state index contributed by atoms with van der Waals surface area (Å²) in [6, 6.07) is 7.75. The number of nitro benzene ring substituents is 1. The second-order valence-electron chi connectivity index (χ2n) is 5.52. The van der Waals surface area contributed by atoms with Crippen LogP contribution in [-0.2, 0) is 6.54 Å². The minimum absolute atomic E-state index is 0. The van der Waals surface area contributed by atoms with Gasteiger partial charge in [-0.1, -0.05) is 18.2 Å². The van der Waals surface area contributed by atoms with Crippen LogP contribution in [0.1, 0.15) is 18.4 Å². The summed E-state index contributed by atoms with van der Waals surface area (Å²) in [4.78, 5) is 13.1. The fraction of sp³-hybridized carbons (Fsp3) is 0.571. The molecule has 110 valence electrons. The second-order valence-corrected chi connectivity index (χ2v) is 5.52. The monoisotopic (exact) mass is 297 g/mol. The number of benzene rings is 1. The highest BCUT2D eigenvalue weighted by Crippen LogP contribution is 2.27. The molecule has 5 nitrogen and oxygen atoms in total. The van der Waals surface area contributed by atoms with Gasteiger partial charge in [-0.2, -0.15) is 0 Å². The zero-order valence-electron chi connectivity index (χ0n) is 11.3. The standard InChI is InChI=1S/C14H19N3O2.ClH/c18-17(19)14-4-2-1-3-12(14)10-16-8-6-13-11(9-16)5-7-15-13;/h1-4,11,13,15H,5-10H2;1H. The molecule has 2 heterocycles. The second kappa shape index (κ2) is 6.52. The number of nitro groups is 1. The number of halogens is 1. The summed E-state index contributed by atoms with van der Waals surface area (Å²) in [6.45, 7) is 3.90. The van der Waals surface area contributed by atoms with E-state index in [0.717, 1.165) is 37.5 Å². The van der Waals surface area contributed by atoms with Gasteiger partial charge in [0.05, 0.1) is 4.92 Å². The Hall–Kier alpha value is -1.17. The molecule has 0 aromatic heterocycles. The highest BCUT2D eigenvalue weighted by molar-refractivity contribution is 5.85. The van der Waals surface area contributed by atoms with Gasteiger partial charge in [0.1, 0.15) is 0 Å². The van der Waals surface area contributed by atoms with E-state index >= 15 is 0 Å². The van der Waals surface area contributed by atoms with Gasteiger partial charge in [0.2, 0.25) is 0 Å². The van der Waals surface area contributed by atoms with Crippen LogP contribution in [0, 0.1) is 16.0 Å². The van der Waals surface area contributed by atoms with Crippen LogP contribution >= 0.6 is 12.4 Å². The van der Waals surface area contributed by atoms with E-state index in [2.05, 4.69) is 10.2 Å². The van der Waals surface area contributed by atoms with Gasteiger partial charge in [-0.3, -0.25) is 15.0 Å². The SMILES string of the molecule is Cl.O=[N+]([O-])c1ccccc1CN1CCC2NCCC2C1. The summed E-state index contributed by atoms with van der Waals surface area (Å²) in [5, 5.41) is 14.6. The molecule has 0 radical (unpaired) electrons. The van der Waals surface area contributed by atoms with Crippen LogP contribution in [0.2, 0.25) is 0 Å². The van der Waals surface area contributed by atoms with Crippen molar-refractivity contribution in [3.8, 4) is 0 Å². The van der Waals surface area contributed by atoms with Crippen LogP contribution in [0.5, 0.6) is 0 Å². The lowest BCUT2D eigenvalue weighted by Gasteiger charge is -2.34. The van der Waals surface area contributed by atoms with E-state index in [-0.39, 0.29) is 23.0 Å². The number of piperidine rings is 1. The molecular weight excluding hydrogens is 278 g/mol. The van der Waals surface area contributed by atoms with Crippen molar-refractivity contribution in [2.45, 2.75) is 25.4 Å². The Kier molecular flexibility index (Phi) is 4.96. The van der Waals surface area contributed by atoms with Crippen LogP contribution in [0.15, 0.2) is 24.3 Å². The number of para-hydroxylation sites is 1. The fourth-order valence-electron chi connectivity index (χ4n) is 3.33. The van der Waals surface area contributed by atoms with E-state index in [0.29, 0.717) is 12.6 Å². The van der Waals surface area contributed by atoms with E-state index in [4.69, 9.17) is 0 Å². The molecule has 2 unspecified atom stereocenters. The molecule has 0 saturated carbocycles. The predicted octanol–water partition coefficient (Wildman–Crippen LogP) is 2.20. The minimum Gasteiger partial charge on any atom is -0.314 e. The minimum atomic E-state index is -0.279. The molecule has 1 N–H and O–H groups in total. The lowest BCUT2D eigenvalue weighted by Crippen LogP contribution is -2.43. The number of hydrogen-bond acceptors (Lipinski definition) is 4. The molecule has 3 rings (SSSR count). The van der Waals surface area contributed by atoms with Crippen LogP contribution in [-0.4, -0.2) is 35.5 Å². The summed E-state index contributed by atoms with van der Waals surface area (Å²) in [5.41, 5.74) is 1.08. The summed E-state index contributed by atoms with van der Waals surface area (Å²) < 4.78 is 0. The summed E-state index contributed by atoms with van der Waals surface area (Å²) in [5.74, 6) is 0.719. The lowest BCUT2D eigenvalue weighted by atomic mass is 9.93. The van der Waals surface area contributed by atoms with E-state index in [9.17, 15) is 10.1 Å². The molecule has 2 aliphatic heterocycles. The summed E-state index contributed by atoms with van der Waals surface area (Å²) in [6.07, 6.45) is 2.39. The third-order valence-electron chi connectivity index (χ3n) is 4.32. The third kappa shape index (κ3) is 3.11. The number of fused-ring (bicyclic) bond motifs is 1. The first-order valence-corrected chi connectivity index (χ1v) is 6.92. The normalized spacial score (nSPS) is 25.8.